The molecule has 2 amide bonds. The first-order valence-electron chi connectivity index (χ1n) is 8.27. The molecule has 142 valence electrons. The normalized spacial score (nSPS) is 11.7. The Hall–Kier alpha value is -3.49. The van der Waals surface area contributed by atoms with Crippen LogP contribution in [0.4, 0.5) is 16.2 Å². The number of urea groups is 1. The van der Waals surface area contributed by atoms with Gasteiger partial charge in [0.05, 0.1) is 11.4 Å². The zero-order valence-electron chi connectivity index (χ0n) is 14.6. The van der Waals surface area contributed by atoms with Gasteiger partial charge in [0, 0.05) is 5.56 Å². The van der Waals surface area contributed by atoms with Crippen LogP contribution in [0.25, 0.3) is 0 Å². The fourth-order valence-corrected chi connectivity index (χ4v) is 2.84. The monoisotopic (exact) mass is 395 g/mol. The Balaban J connectivity index is 2.19. The zero-order valence-corrected chi connectivity index (χ0v) is 15.5. The Morgan fingerprint density at radius 2 is 1.32 bits per heavy atom. The first-order valence-corrected chi connectivity index (χ1v) is 9.71. The smallest absolute Gasteiger partial charge is 0.269 e. The molecule has 0 aliphatic heterocycles. The average Bonchev–Trinajstić information content (AvgIpc) is 2.68. The van der Waals surface area contributed by atoms with Gasteiger partial charge in [-0.15, -0.1) is 0 Å². The highest BCUT2D eigenvalue weighted by atomic mass is 32.2. The number of carbonyl (C=O) groups excluding carboxylic acids is 1. The van der Waals surface area contributed by atoms with Crippen molar-refractivity contribution >= 4 is 33.5 Å². The molecule has 8 heteroatoms. The number of benzene rings is 3. The summed E-state index contributed by atoms with van der Waals surface area (Å²) < 4.78 is 33.2. The van der Waals surface area contributed by atoms with Gasteiger partial charge in [-0.3, -0.25) is 4.55 Å². The quantitative estimate of drug-likeness (QED) is 0.399. The van der Waals surface area contributed by atoms with E-state index in [9.17, 15) is 13.2 Å². The summed E-state index contributed by atoms with van der Waals surface area (Å²) in [5.74, 6) is 0.194. The average molecular weight is 395 g/mol. The summed E-state index contributed by atoms with van der Waals surface area (Å²) in [6.45, 7) is 0. The lowest BCUT2D eigenvalue weighted by atomic mass is 10.1. The van der Waals surface area contributed by atoms with Gasteiger partial charge >= 0.3 is 16.3 Å². The van der Waals surface area contributed by atoms with Crippen molar-refractivity contribution in [2.75, 3.05) is 4.90 Å². The van der Waals surface area contributed by atoms with Crippen LogP contribution in [0.2, 0.25) is 0 Å². The largest absolute Gasteiger partial charge is 0.361 e. The van der Waals surface area contributed by atoms with Gasteiger partial charge in [0.1, 0.15) is 5.84 Å². The van der Waals surface area contributed by atoms with Crippen LogP contribution < -0.4 is 9.62 Å². The van der Waals surface area contributed by atoms with Crippen LogP contribution in [0.5, 0.6) is 0 Å². The third-order valence-electron chi connectivity index (χ3n) is 3.67. The van der Waals surface area contributed by atoms with Crippen LogP contribution >= 0.6 is 0 Å². The minimum Gasteiger partial charge on any atom is -0.269 e. The van der Waals surface area contributed by atoms with Crippen LogP contribution in [0.15, 0.2) is 96.0 Å². The number of aliphatic imine (C=N–C) groups is 1. The molecule has 3 aromatic rings. The molecule has 0 atom stereocenters. The van der Waals surface area contributed by atoms with Crippen molar-refractivity contribution < 1.29 is 17.8 Å². The number of carbonyl (C=O) groups is 1. The van der Waals surface area contributed by atoms with E-state index < -0.39 is 16.3 Å². The Kier molecular flexibility index (Phi) is 5.83. The fourth-order valence-electron chi connectivity index (χ4n) is 2.52. The molecule has 0 heterocycles. The molecule has 28 heavy (non-hydrogen) atoms. The highest BCUT2D eigenvalue weighted by Crippen LogP contribution is 2.21. The Labute approximate surface area is 162 Å². The molecule has 0 unspecified atom stereocenters. The molecular formula is C20H17N3O4S. The predicted molar refractivity (Wildman–Crippen MR) is 108 cm³/mol. The van der Waals surface area contributed by atoms with Gasteiger partial charge in [0.2, 0.25) is 0 Å². The summed E-state index contributed by atoms with van der Waals surface area (Å²) in [7, 11) is -4.76. The van der Waals surface area contributed by atoms with Gasteiger partial charge in [-0.25, -0.2) is 19.4 Å². The van der Waals surface area contributed by atoms with Crippen molar-refractivity contribution in [3.05, 3.63) is 96.6 Å². The first kappa shape index (κ1) is 19.3. The lowest BCUT2D eigenvalue weighted by molar-refractivity contribution is 0.253. The highest BCUT2D eigenvalue weighted by molar-refractivity contribution is 7.84. The molecule has 0 saturated carbocycles. The van der Waals surface area contributed by atoms with Crippen LogP contribution in [0, 0.1) is 0 Å². The first-order chi connectivity index (χ1) is 13.4. The van der Waals surface area contributed by atoms with Crippen molar-refractivity contribution in [2.45, 2.75) is 0 Å². The second-order valence-electron chi connectivity index (χ2n) is 5.69. The molecule has 0 spiro atoms. The van der Waals surface area contributed by atoms with E-state index in [-0.39, 0.29) is 5.84 Å². The number of nitrogens with one attached hydrogen (secondary N) is 1. The molecule has 0 aliphatic rings. The number of hydrogen-bond donors (Lipinski definition) is 2. The molecule has 0 saturated heterocycles. The van der Waals surface area contributed by atoms with Gasteiger partial charge in [-0.1, -0.05) is 66.7 Å². The van der Waals surface area contributed by atoms with Crippen molar-refractivity contribution in [1.29, 1.82) is 0 Å². The molecule has 7 nitrogen and oxygen atoms in total. The minimum atomic E-state index is -4.76. The lowest BCUT2D eigenvalue weighted by Crippen LogP contribution is -2.46. The Morgan fingerprint density at radius 1 is 0.821 bits per heavy atom. The summed E-state index contributed by atoms with van der Waals surface area (Å²) in [5.41, 5.74) is 1.53. The topological polar surface area (TPSA) is 99.1 Å². The third kappa shape index (κ3) is 5.03. The molecule has 3 rings (SSSR count). The maximum absolute atomic E-state index is 12.8. The number of rotatable bonds is 4. The zero-order chi connectivity index (χ0) is 20.0. The van der Waals surface area contributed by atoms with Crippen LogP contribution in [-0.2, 0) is 10.3 Å². The molecule has 2 N–H and O–H groups in total. The molecule has 0 aliphatic carbocycles. The number of hydrogen-bond acceptors (Lipinski definition) is 4. The Morgan fingerprint density at radius 3 is 1.86 bits per heavy atom. The predicted octanol–water partition coefficient (Wildman–Crippen LogP) is 3.78. The fraction of sp³-hybridized carbons (Fsp3) is 0. The van der Waals surface area contributed by atoms with Crippen molar-refractivity contribution in [3.63, 3.8) is 0 Å². The number of anilines is 1. The maximum atomic E-state index is 12.8. The molecule has 0 radical (unpaired) electrons. The molecule has 3 aromatic carbocycles. The van der Waals surface area contributed by atoms with E-state index in [1.165, 1.54) is 0 Å². The number of para-hydroxylation sites is 2. The van der Waals surface area contributed by atoms with E-state index in [2.05, 4.69) is 4.99 Å². The van der Waals surface area contributed by atoms with E-state index in [0.717, 1.165) is 4.90 Å². The summed E-state index contributed by atoms with van der Waals surface area (Å²) in [4.78, 5) is 18.4. The SMILES string of the molecule is O=C(NS(=O)(=O)O)N(C(=Nc1ccccc1)c1ccccc1)c1ccccc1. The third-order valence-corrected chi connectivity index (χ3v) is 4.10. The van der Waals surface area contributed by atoms with Crippen molar-refractivity contribution in [1.82, 2.24) is 4.72 Å². The van der Waals surface area contributed by atoms with E-state index in [0.29, 0.717) is 16.9 Å². The summed E-state index contributed by atoms with van der Waals surface area (Å²) >= 11 is 0. The van der Waals surface area contributed by atoms with E-state index in [1.807, 2.05) is 12.1 Å². The van der Waals surface area contributed by atoms with E-state index >= 15 is 0 Å². The van der Waals surface area contributed by atoms with Gasteiger partial charge in [0.15, 0.2) is 0 Å². The number of amides is 2. The second-order valence-corrected chi connectivity index (χ2v) is 6.84. The maximum Gasteiger partial charge on any atom is 0.361 e. The highest BCUT2D eigenvalue weighted by Gasteiger charge is 2.26. The van der Waals surface area contributed by atoms with Gasteiger partial charge in [0.25, 0.3) is 0 Å². The number of amidine groups is 1. The molecule has 0 aromatic heterocycles. The van der Waals surface area contributed by atoms with Crippen LogP contribution in [-0.4, -0.2) is 24.8 Å². The second kappa shape index (κ2) is 8.47. The summed E-state index contributed by atoms with van der Waals surface area (Å²) in [6.07, 6.45) is 0. The standard InChI is InChI=1S/C20H17N3O4S/c24-20(22-28(25,26)27)23(18-14-8-3-9-15-18)19(16-10-4-1-5-11-16)21-17-12-6-2-7-13-17/h1-15H,(H,22,24)(H,25,26,27). The summed E-state index contributed by atoms with van der Waals surface area (Å²) in [6, 6.07) is 25.2. The Bertz CT molecular complexity index is 1070. The molecule has 0 bridgehead atoms. The van der Waals surface area contributed by atoms with Gasteiger partial charge < -0.3 is 0 Å². The van der Waals surface area contributed by atoms with Gasteiger partial charge in [-0.2, -0.15) is 8.42 Å². The molecule has 0 fully saturated rings. The summed E-state index contributed by atoms with van der Waals surface area (Å²) in [5, 5.41) is 0. The minimum absolute atomic E-state index is 0.194. The van der Waals surface area contributed by atoms with Gasteiger partial charge in [-0.05, 0) is 24.3 Å². The van der Waals surface area contributed by atoms with Crippen molar-refractivity contribution in [2.24, 2.45) is 4.99 Å². The lowest BCUT2D eigenvalue weighted by Gasteiger charge is -2.24. The van der Waals surface area contributed by atoms with E-state index in [1.54, 1.807) is 83.6 Å². The van der Waals surface area contributed by atoms with E-state index in [4.69, 9.17) is 4.55 Å². The van der Waals surface area contributed by atoms with Crippen molar-refractivity contribution in [3.8, 4) is 0 Å². The molecular weight excluding hydrogens is 378 g/mol. The van der Waals surface area contributed by atoms with Crippen LogP contribution in [0.1, 0.15) is 5.56 Å². The number of nitrogens with zero attached hydrogens (tertiary/aromatic N) is 2. The van der Waals surface area contributed by atoms with Crippen LogP contribution in [0.3, 0.4) is 0 Å².